The molecule has 0 amide bonds. The molecule has 0 radical (unpaired) electrons. The van der Waals surface area contributed by atoms with Gasteiger partial charge in [0.05, 0.1) is 24.6 Å². The van der Waals surface area contributed by atoms with Gasteiger partial charge in [0, 0.05) is 13.1 Å². The number of hydrogen-bond acceptors (Lipinski definition) is 4. The number of aliphatic carboxylic acids is 2. The minimum absolute atomic E-state index is 0.108. The Morgan fingerprint density at radius 2 is 1.79 bits per heavy atom. The molecule has 0 spiro atoms. The fourth-order valence-corrected chi connectivity index (χ4v) is 1.60. The van der Waals surface area contributed by atoms with Crippen molar-refractivity contribution >= 4 is 11.9 Å². The number of rotatable bonds is 7. The number of benzene rings is 1. The highest BCUT2D eigenvalue weighted by Crippen LogP contribution is 2.07. The van der Waals surface area contributed by atoms with Crippen LogP contribution in [0.15, 0.2) is 24.3 Å². The van der Waals surface area contributed by atoms with Gasteiger partial charge in [-0.1, -0.05) is 12.1 Å². The fourth-order valence-electron chi connectivity index (χ4n) is 1.60. The summed E-state index contributed by atoms with van der Waals surface area (Å²) in [5.74, 6) is -1.96. The maximum absolute atomic E-state index is 10.7. The van der Waals surface area contributed by atoms with Crippen LogP contribution in [0, 0.1) is 11.3 Å². The Morgan fingerprint density at radius 3 is 2.26 bits per heavy atom. The zero-order chi connectivity index (χ0) is 14.3. The third-order valence-electron chi connectivity index (χ3n) is 2.49. The molecule has 0 aliphatic heterocycles. The van der Waals surface area contributed by atoms with Gasteiger partial charge in [-0.15, -0.1) is 0 Å². The number of nitrogens with zero attached hydrogens (tertiary/aromatic N) is 2. The third-order valence-corrected chi connectivity index (χ3v) is 2.49. The molecule has 0 aromatic heterocycles. The predicted molar refractivity (Wildman–Crippen MR) is 66.3 cm³/mol. The van der Waals surface area contributed by atoms with E-state index in [1.54, 1.807) is 24.3 Å². The summed E-state index contributed by atoms with van der Waals surface area (Å²) in [5.41, 5.74) is 1.37. The first-order chi connectivity index (χ1) is 9.01. The maximum atomic E-state index is 10.7. The van der Waals surface area contributed by atoms with Crippen LogP contribution >= 0.6 is 0 Å². The van der Waals surface area contributed by atoms with E-state index in [0.717, 1.165) is 5.56 Å². The van der Waals surface area contributed by atoms with Crippen LogP contribution in [0.1, 0.15) is 17.5 Å². The van der Waals surface area contributed by atoms with Crippen molar-refractivity contribution in [2.24, 2.45) is 0 Å². The van der Waals surface area contributed by atoms with Gasteiger partial charge < -0.3 is 10.2 Å². The van der Waals surface area contributed by atoms with Crippen molar-refractivity contribution in [2.75, 3.05) is 13.1 Å². The summed E-state index contributed by atoms with van der Waals surface area (Å²) in [5, 5.41) is 26.1. The molecule has 1 aromatic rings. The van der Waals surface area contributed by atoms with Crippen LogP contribution in [0.4, 0.5) is 0 Å². The van der Waals surface area contributed by atoms with E-state index in [0.29, 0.717) is 12.1 Å². The van der Waals surface area contributed by atoms with Crippen LogP contribution in [0.25, 0.3) is 0 Å². The summed E-state index contributed by atoms with van der Waals surface area (Å²) in [4.78, 5) is 22.8. The van der Waals surface area contributed by atoms with Crippen molar-refractivity contribution < 1.29 is 19.8 Å². The molecule has 0 bridgehead atoms. The number of carboxylic acids is 2. The number of nitriles is 1. The standard InChI is InChI=1S/C13H14N2O4/c14-7-10-1-3-11(4-2-10)8-15(9-13(18)19)6-5-12(16)17/h1-4H,5-6,8-9H2,(H,16,17)(H,18,19). The van der Waals surface area contributed by atoms with Gasteiger partial charge in [-0.2, -0.15) is 5.26 Å². The van der Waals surface area contributed by atoms with Crippen molar-refractivity contribution in [3.8, 4) is 6.07 Å². The van der Waals surface area contributed by atoms with E-state index in [-0.39, 0.29) is 19.5 Å². The zero-order valence-electron chi connectivity index (χ0n) is 10.2. The molecule has 19 heavy (non-hydrogen) atoms. The summed E-state index contributed by atoms with van der Waals surface area (Å²) in [6.07, 6.45) is -0.108. The zero-order valence-corrected chi connectivity index (χ0v) is 10.2. The van der Waals surface area contributed by atoms with Crippen molar-refractivity contribution in [3.05, 3.63) is 35.4 Å². The van der Waals surface area contributed by atoms with Gasteiger partial charge in [0.2, 0.25) is 0 Å². The van der Waals surface area contributed by atoms with Gasteiger partial charge >= 0.3 is 11.9 Å². The topological polar surface area (TPSA) is 102 Å². The van der Waals surface area contributed by atoms with Gasteiger partial charge in [-0.25, -0.2) is 0 Å². The lowest BCUT2D eigenvalue weighted by atomic mass is 10.1. The fraction of sp³-hybridized carbons (Fsp3) is 0.308. The van der Waals surface area contributed by atoms with Gasteiger partial charge in [0.15, 0.2) is 0 Å². The highest BCUT2D eigenvalue weighted by Gasteiger charge is 2.12. The summed E-state index contributed by atoms with van der Waals surface area (Å²) < 4.78 is 0. The Morgan fingerprint density at radius 1 is 1.16 bits per heavy atom. The predicted octanol–water partition coefficient (Wildman–Crippen LogP) is 0.920. The van der Waals surface area contributed by atoms with Crippen molar-refractivity contribution in [3.63, 3.8) is 0 Å². The summed E-state index contributed by atoms with van der Waals surface area (Å²) in [6.45, 7) is 0.292. The Balaban J connectivity index is 2.66. The van der Waals surface area contributed by atoms with Crippen LogP contribution in [-0.4, -0.2) is 40.1 Å². The molecule has 0 heterocycles. The first-order valence-electron chi connectivity index (χ1n) is 5.66. The normalized spacial score (nSPS) is 10.1. The van der Waals surface area contributed by atoms with Gasteiger partial charge in [-0.3, -0.25) is 14.5 Å². The second kappa shape index (κ2) is 7.13. The lowest BCUT2D eigenvalue weighted by molar-refractivity contribution is -0.141. The summed E-state index contributed by atoms with van der Waals surface area (Å²) in [6, 6.07) is 8.74. The number of hydrogen-bond donors (Lipinski definition) is 2. The first kappa shape index (κ1) is 14.7. The molecule has 2 N–H and O–H groups in total. The Labute approximate surface area is 110 Å². The molecule has 0 saturated carbocycles. The minimum Gasteiger partial charge on any atom is -0.481 e. The highest BCUT2D eigenvalue weighted by atomic mass is 16.4. The molecule has 0 unspecified atom stereocenters. The lowest BCUT2D eigenvalue weighted by Crippen LogP contribution is -2.31. The first-order valence-corrected chi connectivity index (χ1v) is 5.66. The van der Waals surface area contributed by atoms with E-state index in [2.05, 4.69) is 0 Å². The third kappa shape index (κ3) is 5.66. The second-order valence-electron chi connectivity index (χ2n) is 4.06. The van der Waals surface area contributed by atoms with Crippen LogP contribution in [0.2, 0.25) is 0 Å². The second-order valence-corrected chi connectivity index (χ2v) is 4.06. The van der Waals surface area contributed by atoms with Crippen LogP contribution < -0.4 is 0 Å². The van der Waals surface area contributed by atoms with E-state index in [1.807, 2.05) is 6.07 Å². The molecule has 0 aliphatic rings. The average Bonchev–Trinajstić information content (AvgIpc) is 2.36. The highest BCUT2D eigenvalue weighted by molar-refractivity contribution is 5.69. The Hall–Kier alpha value is -2.39. The summed E-state index contributed by atoms with van der Waals surface area (Å²) in [7, 11) is 0. The number of carboxylic acid groups (broad SMARTS) is 2. The number of carbonyl (C=O) groups is 2. The summed E-state index contributed by atoms with van der Waals surface area (Å²) >= 11 is 0. The van der Waals surface area contributed by atoms with Crippen LogP contribution in [0.3, 0.4) is 0 Å². The molecule has 6 nitrogen and oxygen atoms in total. The van der Waals surface area contributed by atoms with Crippen molar-refractivity contribution in [1.82, 2.24) is 4.90 Å². The smallest absolute Gasteiger partial charge is 0.317 e. The molecule has 1 rings (SSSR count). The molecule has 1 aromatic carbocycles. The largest absolute Gasteiger partial charge is 0.481 e. The molecule has 6 heteroatoms. The monoisotopic (exact) mass is 262 g/mol. The van der Waals surface area contributed by atoms with E-state index >= 15 is 0 Å². The van der Waals surface area contributed by atoms with E-state index in [1.165, 1.54) is 4.90 Å². The Bertz CT molecular complexity index is 490. The molecular formula is C13H14N2O4. The van der Waals surface area contributed by atoms with E-state index in [4.69, 9.17) is 15.5 Å². The molecule has 0 atom stereocenters. The molecule has 0 fully saturated rings. The molecule has 0 aliphatic carbocycles. The molecule has 0 saturated heterocycles. The van der Waals surface area contributed by atoms with Crippen LogP contribution in [-0.2, 0) is 16.1 Å². The minimum atomic E-state index is -1.00. The SMILES string of the molecule is N#Cc1ccc(CN(CCC(=O)O)CC(=O)O)cc1. The van der Waals surface area contributed by atoms with Crippen LogP contribution in [0.5, 0.6) is 0 Å². The lowest BCUT2D eigenvalue weighted by Gasteiger charge is -2.19. The van der Waals surface area contributed by atoms with Crippen molar-refractivity contribution in [2.45, 2.75) is 13.0 Å². The average molecular weight is 262 g/mol. The maximum Gasteiger partial charge on any atom is 0.317 e. The van der Waals surface area contributed by atoms with Gasteiger partial charge in [0.25, 0.3) is 0 Å². The van der Waals surface area contributed by atoms with E-state index in [9.17, 15) is 9.59 Å². The Kier molecular flexibility index (Phi) is 5.51. The quantitative estimate of drug-likeness (QED) is 0.757. The van der Waals surface area contributed by atoms with E-state index < -0.39 is 11.9 Å². The molecule has 100 valence electrons. The van der Waals surface area contributed by atoms with Crippen molar-refractivity contribution in [1.29, 1.82) is 5.26 Å². The molecular weight excluding hydrogens is 248 g/mol. The van der Waals surface area contributed by atoms with Gasteiger partial charge in [-0.05, 0) is 17.7 Å². The van der Waals surface area contributed by atoms with Gasteiger partial charge in [0.1, 0.15) is 0 Å².